The molecule has 4 nitrogen and oxygen atoms in total. The van der Waals surface area contributed by atoms with Crippen LogP contribution >= 0.6 is 22.9 Å². The van der Waals surface area contributed by atoms with E-state index in [4.69, 9.17) is 21.1 Å². The Morgan fingerprint density at radius 1 is 1.48 bits per heavy atom. The molecule has 0 amide bonds. The van der Waals surface area contributed by atoms with Crippen LogP contribution in [0.25, 0.3) is 6.08 Å². The number of carbonyl (C=O) groups is 1. The number of rotatable bonds is 6. The number of halogens is 1. The van der Waals surface area contributed by atoms with Gasteiger partial charge in [0.2, 0.25) is 5.78 Å². The number of hydrogen-bond acceptors (Lipinski definition) is 5. The maximum atomic E-state index is 12.3. The van der Waals surface area contributed by atoms with Crippen LogP contribution in [0.5, 0.6) is 11.5 Å². The number of ether oxygens (including phenoxy) is 2. The molecule has 0 bridgehead atoms. The molecule has 118 valence electrons. The topological polar surface area (TPSA) is 59.3 Å². The van der Waals surface area contributed by atoms with Crippen molar-refractivity contribution in [2.45, 2.75) is 6.92 Å². The van der Waals surface area contributed by atoms with Crippen molar-refractivity contribution in [3.05, 3.63) is 50.7 Å². The SMILES string of the molecule is CCOc1cc(C=C(C#N)C(=O)c2ccsc2)cc(Cl)c1OC. The van der Waals surface area contributed by atoms with Gasteiger partial charge in [0.25, 0.3) is 0 Å². The first-order chi connectivity index (χ1) is 11.1. The average molecular weight is 348 g/mol. The number of methoxy groups -OCH3 is 1. The molecule has 1 heterocycles. The van der Waals surface area contributed by atoms with E-state index < -0.39 is 0 Å². The molecule has 0 unspecified atom stereocenters. The number of nitriles is 1. The van der Waals surface area contributed by atoms with Crippen LogP contribution in [0.2, 0.25) is 5.02 Å². The van der Waals surface area contributed by atoms with Crippen molar-refractivity contribution in [1.29, 1.82) is 5.26 Å². The van der Waals surface area contributed by atoms with Gasteiger partial charge in [0.05, 0.1) is 18.7 Å². The molecule has 0 atom stereocenters. The molecular weight excluding hydrogens is 334 g/mol. The van der Waals surface area contributed by atoms with E-state index in [-0.39, 0.29) is 11.4 Å². The average Bonchev–Trinajstić information content (AvgIpc) is 3.06. The fraction of sp³-hybridized carbons (Fsp3) is 0.176. The molecular formula is C17H14ClNO3S. The molecule has 0 N–H and O–H groups in total. The Bertz CT molecular complexity index is 776. The van der Waals surface area contributed by atoms with Crippen LogP contribution in [0, 0.1) is 11.3 Å². The van der Waals surface area contributed by atoms with Crippen LogP contribution < -0.4 is 9.47 Å². The van der Waals surface area contributed by atoms with E-state index in [0.29, 0.717) is 34.3 Å². The molecule has 0 saturated carbocycles. The number of ketones is 1. The highest BCUT2D eigenvalue weighted by atomic mass is 35.5. The minimum Gasteiger partial charge on any atom is -0.491 e. The fourth-order valence-electron chi connectivity index (χ4n) is 2.00. The molecule has 6 heteroatoms. The number of hydrogen-bond donors (Lipinski definition) is 0. The van der Waals surface area contributed by atoms with Crippen molar-refractivity contribution in [1.82, 2.24) is 0 Å². The molecule has 0 spiro atoms. The largest absolute Gasteiger partial charge is 0.491 e. The van der Waals surface area contributed by atoms with E-state index in [0.717, 1.165) is 0 Å². The Morgan fingerprint density at radius 2 is 2.26 bits per heavy atom. The van der Waals surface area contributed by atoms with Crippen LogP contribution in [0.1, 0.15) is 22.8 Å². The van der Waals surface area contributed by atoms with Crippen molar-refractivity contribution < 1.29 is 14.3 Å². The van der Waals surface area contributed by atoms with Crippen molar-refractivity contribution in [3.63, 3.8) is 0 Å². The van der Waals surface area contributed by atoms with Crippen LogP contribution in [0.15, 0.2) is 34.5 Å². The Morgan fingerprint density at radius 3 is 2.83 bits per heavy atom. The molecule has 0 fully saturated rings. The maximum absolute atomic E-state index is 12.3. The van der Waals surface area contributed by atoms with Crippen LogP contribution in [-0.2, 0) is 0 Å². The number of nitrogens with zero attached hydrogens (tertiary/aromatic N) is 1. The van der Waals surface area contributed by atoms with Crippen molar-refractivity contribution in [2.75, 3.05) is 13.7 Å². The Labute approximate surface area is 143 Å². The lowest BCUT2D eigenvalue weighted by Gasteiger charge is -2.12. The van der Waals surface area contributed by atoms with E-state index >= 15 is 0 Å². The molecule has 2 rings (SSSR count). The van der Waals surface area contributed by atoms with Gasteiger partial charge in [-0.1, -0.05) is 11.6 Å². The summed E-state index contributed by atoms with van der Waals surface area (Å²) in [6.45, 7) is 2.29. The number of carbonyl (C=O) groups excluding carboxylic acids is 1. The van der Waals surface area contributed by atoms with Gasteiger partial charge in [-0.2, -0.15) is 16.6 Å². The quantitative estimate of drug-likeness (QED) is 0.435. The molecule has 0 aliphatic carbocycles. The molecule has 0 radical (unpaired) electrons. The van der Waals surface area contributed by atoms with E-state index in [1.54, 1.807) is 29.0 Å². The lowest BCUT2D eigenvalue weighted by atomic mass is 10.0. The van der Waals surface area contributed by atoms with Gasteiger partial charge < -0.3 is 9.47 Å². The minimum absolute atomic E-state index is 0.0343. The van der Waals surface area contributed by atoms with Crippen LogP contribution in [0.4, 0.5) is 0 Å². The zero-order valence-electron chi connectivity index (χ0n) is 12.6. The molecule has 1 aromatic heterocycles. The van der Waals surface area contributed by atoms with Crippen molar-refractivity contribution >= 4 is 34.8 Å². The van der Waals surface area contributed by atoms with Crippen molar-refractivity contribution in [2.24, 2.45) is 0 Å². The molecule has 0 saturated heterocycles. The molecule has 2 aromatic rings. The number of benzene rings is 1. The van der Waals surface area contributed by atoms with Gasteiger partial charge in [0.15, 0.2) is 11.5 Å². The van der Waals surface area contributed by atoms with Gasteiger partial charge in [0.1, 0.15) is 11.6 Å². The summed E-state index contributed by atoms with van der Waals surface area (Å²) in [5.41, 5.74) is 1.12. The second-order valence-electron chi connectivity index (χ2n) is 4.48. The van der Waals surface area contributed by atoms with Gasteiger partial charge in [-0.15, -0.1) is 0 Å². The van der Waals surface area contributed by atoms with Gasteiger partial charge in [-0.05, 0) is 42.1 Å². The monoisotopic (exact) mass is 347 g/mol. The highest BCUT2D eigenvalue weighted by molar-refractivity contribution is 7.08. The molecule has 0 aliphatic rings. The summed E-state index contributed by atoms with van der Waals surface area (Å²) in [6.07, 6.45) is 1.49. The highest BCUT2D eigenvalue weighted by Gasteiger charge is 2.15. The summed E-state index contributed by atoms with van der Waals surface area (Å²) in [4.78, 5) is 12.3. The third kappa shape index (κ3) is 3.92. The first-order valence-electron chi connectivity index (χ1n) is 6.79. The smallest absolute Gasteiger partial charge is 0.204 e. The first-order valence-corrected chi connectivity index (χ1v) is 8.11. The van der Waals surface area contributed by atoms with Gasteiger partial charge in [-0.3, -0.25) is 4.79 Å². The van der Waals surface area contributed by atoms with Crippen LogP contribution in [-0.4, -0.2) is 19.5 Å². The zero-order chi connectivity index (χ0) is 16.8. The summed E-state index contributed by atoms with van der Waals surface area (Å²) in [7, 11) is 1.50. The fourth-order valence-corrected chi connectivity index (χ4v) is 2.93. The van der Waals surface area contributed by atoms with Gasteiger partial charge in [-0.25, -0.2) is 0 Å². The first kappa shape index (κ1) is 17.1. The minimum atomic E-state index is -0.321. The number of allylic oxidation sites excluding steroid dienone is 1. The molecule has 23 heavy (non-hydrogen) atoms. The van der Waals surface area contributed by atoms with Gasteiger partial charge in [0, 0.05) is 10.9 Å². The van der Waals surface area contributed by atoms with E-state index in [2.05, 4.69) is 0 Å². The van der Waals surface area contributed by atoms with E-state index in [1.807, 2.05) is 13.0 Å². The van der Waals surface area contributed by atoms with E-state index in [1.165, 1.54) is 24.5 Å². The number of Topliss-reactive ketones (excluding diaryl/α,β-unsaturated/α-hetero) is 1. The predicted molar refractivity (Wildman–Crippen MR) is 91.4 cm³/mol. The third-order valence-corrected chi connectivity index (χ3v) is 3.96. The summed E-state index contributed by atoms with van der Waals surface area (Å²) in [6, 6.07) is 6.94. The maximum Gasteiger partial charge on any atom is 0.204 e. The van der Waals surface area contributed by atoms with E-state index in [9.17, 15) is 10.1 Å². The summed E-state index contributed by atoms with van der Waals surface area (Å²) < 4.78 is 10.7. The molecule has 1 aromatic carbocycles. The summed E-state index contributed by atoms with van der Waals surface area (Å²) >= 11 is 7.58. The summed E-state index contributed by atoms with van der Waals surface area (Å²) in [5, 5.41) is 13.1. The Kier molecular flexibility index (Phi) is 5.80. The Hall–Kier alpha value is -2.29. The Balaban J connectivity index is 2.44. The highest BCUT2D eigenvalue weighted by Crippen LogP contribution is 2.37. The predicted octanol–water partition coefficient (Wildman–Crippen LogP) is 4.60. The second kappa shape index (κ2) is 7.82. The lowest BCUT2D eigenvalue weighted by molar-refractivity contribution is 0.104. The van der Waals surface area contributed by atoms with Crippen LogP contribution in [0.3, 0.4) is 0 Å². The second-order valence-corrected chi connectivity index (χ2v) is 5.67. The molecule has 0 aliphatic heterocycles. The third-order valence-electron chi connectivity index (χ3n) is 3.00. The number of thiophene rings is 1. The van der Waals surface area contributed by atoms with Gasteiger partial charge >= 0.3 is 0 Å². The normalized spacial score (nSPS) is 11.0. The summed E-state index contributed by atoms with van der Waals surface area (Å²) in [5.74, 6) is 0.570. The standard InChI is InChI=1S/C17H14ClNO3S/c1-3-22-15-8-11(7-14(18)17(15)21-2)6-13(9-19)16(20)12-4-5-23-10-12/h4-8,10H,3H2,1-2H3. The lowest BCUT2D eigenvalue weighted by Crippen LogP contribution is -2.00. The zero-order valence-corrected chi connectivity index (χ0v) is 14.2. The van der Waals surface area contributed by atoms with Crippen molar-refractivity contribution in [3.8, 4) is 17.6 Å².